The SMILES string of the molecule is CC(C)C(N)C(=O)Nc1ccc(F)c(Br)c1.Cl. The molecule has 1 aromatic rings. The zero-order valence-corrected chi connectivity index (χ0v) is 11.9. The summed E-state index contributed by atoms with van der Waals surface area (Å²) in [5.74, 6) is -0.580. The normalized spacial score (nSPS) is 11.9. The van der Waals surface area contributed by atoms with E-state index in [0.717, 1.165) is 0 Å². The first-order valence-corrected chi connectivity index (χ1v) is 5.72. The molecule has 1 rings (SSSR count). The Morgan fingerprint density at radius 3 is 2.53 bits per heavy atom. The van der Waals surface area contributed by atoms with E-state index in [-0.39, 0.29) is 30.0 Å². The first-order chi connectivity index (χ1) is 7.41. The smallest absolute Gasteiger partial charge is 0.241 e. The monoisotopic (exact) mass is 324 g/mol. The third-order valence-electron chi connectivity index (χ3n) is 2.21. The Balaban J connectivity index is 0.00000256. The van der Waals surface area contributed by atoms with Crippen molar-refractivity contribution in [3.63, 3.8) is 0 Å². The summed E-state index contributed by atoms with van der Waals surface area (Å²) in [5, 5.41) is 2.63. The molecule has 0 fully saturated rings. The molecule has 1 atom stereocenters. The molecule has 3 nitrogen and oxygen atoms in total. The average Bonchev–Trinajstić information content (AvgIpc) is 2.22. The van der Waals surface area contributed by atoms with Gasteiger partial charge in [0.15, 0.2) is 0 Å². The molecule has 0 bridgehead atoms. The lowest BCUT2D eigenvalue weighted by atomic mass is 10.1. The first kappa shape index (κ1) is 16.4. The van der Waals surface area contributed by atoms with Crippen LogP contribution in [0.25, 0.3) is 0 Å². The number of carbonyl (C=O) groups is 1. The molecule has 1 aromatic carbocycles. The number of hydrogen-bond acceptors (Lipinski definition) is 2. The van der Waals surface area contributed by atoms with Gasteiger partial charge in [0.1, 0.15) is 5.82 Å². The number of halogens is 3. The number of nitrogens with two attached hydrogens (primary N) is 1. The van der Waals surface area contributed by atoms with Gasteiger partial charge in [0.05, 0.1) is 10.5 Å². The Kier molecular flexibility index (Phi) is 6.67. The number of anilines is 1. The zero-order valence-electron chi connectivity index (χ0n) is 9.54. The molecule has 1 unspecified atom stereocenters. The van der Waals surface area contributed by atoms with Crippen LogP contribution in [-0.4, -0.2) is 11.9 Å². The molecule has 3 N–H and O–H groups in total. The van der Waals surface area contributed by atoms with E-state index in [1.807, 2.05) is 13.8 Å². The zero-order chi connectivity index (χ0) is 12.3. The Morgan fingerprint density at radius 1 is 1.47 bits per heavy atom. The van der Waals surface area contributed by atoms with Gasteiger partial charge in [-0.2, -0.15) is 0 Å². The number of benzene rings is 1. The Bertz CT molecular complexity index is 401. The highest BCUT2D eigenvalue weighted by Crippen LogP contribution is 2.20. The molecule has 0 aliphatic heterocycles. The molecule has 1 amide bonds. The van der Waals surface area contributed by atoms with Crippen molar-refractivity contribution in [2.75, 3.05) is 5.32 Å². The van der Waals surface area contributed by atoms with E-state index < -0.39 is 6.04 Å². The van der Waals surface area contributed by atoms with Crippen LogP contribution < -0.4 is 11.1 Å². The number of carbonyl (C=O) groups excluding carboxylic acids is 1. The van der Waals surface area contributed by atoms with Crippen LogP contribution in [0, 0.1) is 11.7 Å². The molecule has 0 aliphatic rings. The molecule has 0 aromatic heterocycles. The molecule has 6 heteroatoms. The van der Waals surface area contributed by atoms with Crippen molar-refractivity contribution >= 4 is 39.9 Å². The predicted octanol–water partition coefficient (Wildman–Crippen LogP) is 2.93. The third kappa shape index (κ3) is 4.61. The minimum atomic E-state index is -0.566. The summed E-state index contributed by atoms with van der Waals surface area (Å²) < 4.78 is 13.2. The topological polar surface area (TPSA) is 55.1 Å². The number of hydrogen-bond donors (Lipinski definition) is 2. The van der Waals surface area contributed by atoms with E-state index in [1.165, 1.54) is 18.2 Å². The van der Waals surface area contributed by atoms with Gasteiger partial charge in [0.2, 0.25) is 5.91 Å². The van der Waals surface area contributed by atoms with Crippen molar-refractivity contribution in [1.82, 2.24) is 0 Å². The van der Waals surface area contributed by atoms with Gasteiger partial charge in [0.25, 0.3) is 0 Å². The van der Waals surface area contributed by atoms with Crippen LogP contribution in [0.1, 0.15) is 13.8 Å². The molecule has 0 heterocycles. The summed E-state index contributed by atoms with van der Waals surface area (Å²) in [6.07, 6.45) is 0. The lowest BCUT2D eigenvalue weighted by Gasteiger charge is -2.15. The van der Waals surface area contributed by atoms with E-state index >= 15 is 0 Å². The van der Waals surface area contributed by atoms with Crippen molar-refractivity contribution in [3.8, 4) is 0 Å². The van der Waals surface area contributed by atoms with Crippen molar-refractivity contribution in [2.24, 2.45) is 11.7 Å². The molecule has 0 saturated heterocycles. The minimum absolute atomic E-state index is 0. The molecule has 17 heavy (non-hydrogen) atoms. The fourth-order valence-corrected chi connectivity index (χ4v) is 1.48. The van der Waals surface area contributed by atoms with Crippen LogP contribution in [0.3, 0.4) is 0 Å². The molecule has 0 radical (unpaired) electrons. The lowest BCUT2D eigenvalue weighted by Crippen LogP contribution is -2.39. The van der Waals surface area contributed by atoms with Gasteiger partial charge in [-0.05, 0) is 40.0 Å². The maximum atomic E-state index is 12.9. The Hall–Kier alpha value is -0.650. The van der Waals surface area contributed by atoms with Crippen LogP contribution in [0.2, 0.25) is 0 Å². The van der Waals surface area contributed by atoms with E-state index in [1.54, 1.807) is 0 Å². The maximum absolute atomic E-state index is 12.9. The maximum Gasteiger partial charge on any atom is 0.241 e. The summed E-state index contributed by atoms with van der Waals surface area (Å²) in [7, 11) is 0. The van der Waals surface area contributed by atoms with Crippen LogP contribution in [0.15, 0.2) is 22.7 Å². The summed E-state index contributed by atoms with van der Waals surface area (Å²) in [4.78, 5) is 11.6. The molecule has 0 spiro atoms. The first-order valence-electron chi connectivity index (χ1n) is 4.93. The second-order valence-corrected chi connectivity index (χ2v) is 4.74. The van der Waals surface area contributed by atoms with Crippen LogP contribution >= 0.6 is 28.3 Å². The molecule has 0 saturated carbocycles. The summed E-state index contributed by atoms with van der Waals surface area (Å²) >= 11 is 3.04. The van der Waals surface area contributed by atoms with Crippen molar-refractivity contribution in [1.29, 1.82) is 0 Å². The quantitative estimate of drug-likeness (QED) is 0.898. The van der Waals surface area contributed by atoms with Gasteiger partial charge in [-0.15, -0.1) is 12.4 Å². The van der Waals surface area contributed by atoms with E-state index in [4.69, 9.17) is 5.73 Å². The van der Waals surface area contributed by atoms with E-state index in [0.29, 0.717) is 10.2 Å². The number of rotatable bonds is 3. The average molecular weight is 326 g/mol. The van der Waals surface area contributed by atoms with Gasteiger partial charge in [-0.25, -0.2) is 4.39 Å². The van der Waals surface area contributed by atoms with E-state index in [2.05, 4.69) is 21.2 Å². The highest BCUT2D eigenvalue weighted by Gasteiger charge is 2.17. The number of amides is 1. The molecular weight excluding hydrogens is 310 g/mol. The van der Waals surface area contributed by atoms with Gasteiger partial charge in [-0.1, -0.05) is 13.8 Å². The minimum Gasteiger partial charge on any atom is -0.325 e. The van der Waals surface area contributed by atoms with Gasteiger partial charge >= 0.3 is 0 Å². The molecular formula is C11H15BrClFN2O. The summed E-state index contributed by atoms with van der Waals surface area (Å²) in [6, 6.07) is 3.70. The standard InChI is InChI=1S/C11H14BrFN2O.ClH/c1-6(2)10(14)11(16)15-7-3-4-9(13)8(12)5-7;/h3-6,10H,14H2,1-2H3,(H,15,16);1H. The Morgan fingerprint density at radius 2 is 2.06 bits per heavy atom. The number of nitrogens with one attached hydrogen (secondary N) is 1. The van der Waals surface area contributed by atoms with E-state index in [9.17, 15) is 9.18 Å². The fraction of sp³-hybridized carbons (Fsp3) is 0.364. The Labute approximate surface area is 114 Å². The molecule has 0 aliphatic carbocycles. The highest BCUT2D eigenvalue weighted by atomic mass is 79.9. The summed E-state index contributed by atoms with van der Waals surface area (Å²) in [5.41, 5.74) is 6.20. The molecule has 96 valence electrons. The second-order valence-electron chi connectivity index (χ2n) is 3.89. The lowest BCUT2D eigenvalue weighted by molar-refractivity contribution is -0.118. The largest absolute Gasteiger partial charge is 0.325 e. The van der Waals surface area contributed by atoms with Crippen LogP contribution in [-0.2, 0) is 4.79 Å². The van der Waals surface area contributed by atoms with Crippen LogP contribution in [0.5, 0.6) is 0 Å². The van der Waals surface area contributed by atoms with Gasteiger partial charge in [-0.3, -0.25) is 4.79 Å². The highest BCUT2D eigenvalue weighted by molar-refractivity contribution is 9.10. The third-order valence-corrected chi connectivity index (χ3v) is 2.82. The van der Waals surface area contributed by atoms with Crippen molar-refractivity contribution in [2.45, 2.75) is 19.9 Å². The van der Waals surface area contributed by atoms with Crippen molar-refractivity contribution < 1.29 is 9.18 Å². The van der Waals surface area contributed by atoms with Crippen molar-refractivity contribution in [3.05, 3.63) is 28.5 Å². The fourth-order valence-electron chi connectivity index (χ4n) is 1.10. The predicted molar refractivity (Wildman–Crippen MR) is 72.8 cm³/mol. The second kappa shape index (κ2) is 6.93. The summed E-state index contributed by atoms with van der Waals surface area (Å²) in [6.45, 7) is 3.73. The van der Waals surface area contributed by atoms with Gasteiger partial charge in [0, 0.05) is 5.69 Å². The van der Waals surface area contributed by atoms with Gasteiger partial charge < -0.3 is 11.1 Å². The van der Waals surface area contributed by atoms with Crippen LogP contribution in [0.4, 0.5) is 10.1 Å².